The number of aromatic nitrogens is 4. The van der Waals surface area contributed by atoms with Gasteiger partial charge in [0.1, 0.15) is 11.9 Å². The Morgan fingerprint density at radius 2 is 1.79 bits per heavy atom. The zero-order chi connectivity index (χ0) is 27.1. The van der Waals surface area contributed by atoms with Crippen LogP contribution in [0.1, 0.15) is 29.4 Å². The predicted octanol–water partition coefficient (Wildman–Crippen LogP) is 2.22. The van der Waals surface area contributed by atoms with Crippen molar-refractivity contribution in [3.05, 3.63) is 90.1 Å². The van der Waals surface area contributed by atoms with E-state index in [4.69, 9.17) is 0 Å². The maximum absolute atomic E-state index is 12.6. The maximum Gasteiger partial charge on any atom is 0.229 e. The smallest absolute Gasteiger partial charge is 0.229 e. The third-order valence-corrected chi connectivity index (χ3v) is 7.57. The molecule has 5 N–H and O–H groups in total. The molecule has 2 aliphatic rings. The van der Waals surface area contributed by atoms with Crippen molar-refractivity contribution in [2.24, 2.45) is 11.3 Å². The molecule has 4 aromatic rings. The zero-order valence-electron chi connectivity index (χ0n) is 21.0. The van der Waals surface area contributed by atoms with E-state index in [1.54, 1.807) is 16.7 Å². The predicted molar refractivity (Wildman–Crippen MR) is 144 cm³/mol. The van der Waals surface area contributed by atoms with Crippen molar-refractivity contribution in [1.82, 2.24) is 24.8 Å². The monoisotopic (exact) mass is 522 g/mol. The van der Waals surface area contributed by atoms with Crippen molar-refractivity contribution in [3.8, 4) is 11.8 Å². The Morgan fingerprint density at radius 1 is 1.08 bits per heavy atom. The molecule has 2 aromatic carbocycles. The Morgan fingerprint density at radius 3 is 2.51 bits per heavy atom. The van der Waals surface area contributed by atoms with Crippen LogP contribution in [0.5, 0.6) is 0 Å². The minimum Gasteiger partial charge on any atom is -0.506 e. The fourth-order valence-electron chi connectivity index (χ4n) is 5.56. The largest absolute Gasteiger partial charge is 0.506 e. The van der Waals surface area contributed by atoms with Crippen molar-refractivity contribution < 1.29 is 20.1 Å². The van der Waals surface area contributed by atoms with E-state index in [1.165, 1.54) is 19.6 Å². The average molecular weight is 523 g/mol. The highest BCUT2D eigenvalue weighted by Crippen LogP contribution is 2.67. The summed E-state index contributed by atoms with van der Waals surface area (Å²) in [6.45, 7) is 0. The highest BCUT2D eigenvalue weighted by atomic mass is 16.3. The maximum atomic E-state index is 12.6. The third kappa shape index (κ3) is 4.09. The molecule has 0 spiro atoms. The SMILES string of the molecule is CNC(=O)[C@]12CC1[C@@H](n1cnc3c(N/C=C(\O)c4ccccc4)nc(C#Cc4ccccc4)nc31)C(O)[C@@H]2O. The summed E-state index contributed by atoms with van der Waals surface area (Å²) in [5, 5.41) is 38.0. The van der Waals surface area contributed by atoms with Crippen LogP contribution in [0.2, 0.25) is 0 Å². The van der Waals surface area contributed by atoms with E-state index in [-0.39, 0.29) is 23.4 Å². The van der Waals surface area contributed by atoms with E-state index in [0.29, 0.717) is 29.0 Å². The number of aliphatic hydroxyl groups excluding tert-OH is 3. The van der Waals surface area contributed by atoms with Gasteiger partial charge in [-0.1, -0.05) is 54.5 Å². The van der Waals surface area contributed by atoms with Crippen molar-refractivity contribution in [3.63, 3.8) is 0 Å². The standard InChI is InChI=1S/C29H26N6O4/c1-30-28(39)29-14-19(29)23(24(37)25(29)38)35-16-32-22-26(31-15-20(36)18-10-6-3-7-11-18)33-21(34-27(22)35)13-12-17-8-4-2-5-9-17/h2-11,15-16,19,23-25,36-38H,14H2,1H3,(H,30,39)(H,31,33,34)/b20-15-/t19?,23-,24?,25+,29-/m1/s1. The van der Waals surface area contributed by atoms with E-state index in [2.05, 4.69) is 37.4 Å². The number of carbonyl (C=O) groups excluding carboxylic acids is 1. The van der Waals surface area contributed by atoms with Crippen molar-refractivity contribution in [2.45, 2.75) is 24.7 Å². The molecule has 2 aliphatic carbocycles. The lowest BCUT2D eigenvalue weighted by atomic mass is 9.98. The highest BCUT2D eigenvalue weighted by molar-refractivity contribution is 5.88. The highest BCUT2D eigenvalue weighted by Gasteiger charge is 2.75. The summed E-state index contributed by atoms with van der Waals surface area (Å²) in [5.41, 5.74) is 1.13. The molecule has 196 valence electrons. The molecule has 10 nitrogen and oxygen atoms in total. The Balaban J connectivity index is 1.43. The van der Waals surface area contributed by atoms with Gasteiger partial charge in [-0.2, -0.15) is 0 Å². The molecule has 2 saturated carbocycles. The molecule has 39 heavy (non-hydrogen) atoms. The van der Waals surface area contributed by atoms with Gasteiger partial charge in [-0.05, 0) is 24.5 Å². The van der Waals surface area contributed by atoms with E-state index >= 15 is 0 Å². The normalized spacial score (nSPS) is 25.5. The number of benzene rings is 2. The molecule has 2 unspecified atom stereocenters. The van der Waals surface area contributed by atoms with Crippen LogP contribution in [0.15, 0.2) is 73.2 Å². The minimum atomic E-state index is -1.22. The molecular weight excluding hydrogens is 496 g/mol. The van der Waals surface area contributed by atoms with Crippen LogP contribution in [0, 0.1) is 23.2 Å². The first-order chi connectivity index (χ1) is 18.9. The van der Waals surface area contributed by atoms with E-state index in [0.717, 1.165) is 5.56 Å². The number of aliphatic hydroxyl groups is 3. The summed E-state index contributed by atoms with van der Waals surface area (Å²) < 4.78 is 1.69. The van der Waals surface area contributed by atoms with E-state index in [1.807, 2.05) is 48.5 Å². The summed E-state index contributed by atoms with van der Waals surface area (Å²) in [4.78, 5) is 26.3. The lowest BCUT2D eigenvalue weighted by Crippen LogP contribution is -2.41. The van der Waals surface area contributed by atoms with Gasteiger partial charge in [0.25, 0.3) is 0 Å². The van der Waals surface area contributed by atoms with Crippen LogP contribution < -0.4 is 10.6 Å². The fourth-order valence-corrected chi connectivity index (χ4v) is 5.56. The Labute approximate surface area is 224 Å². The Bertz CT molecular complexity index is 1640. The average Bonchev–Trinajstić information content (AvgIpc) is 3.51. The number of nitrogens with one attached hydrogen (secondary N) is 2. The number of rotatable bonds is 5. The number of fused-ring (bicyclic) bond motifs is 2. The van der Waals surface area contributed by atoms with Gasteiger partial charge in [-0.15, -0.1) is 0 Å². The number of hydrogen-bond donors (Lipinski definition) is 5. The van der Waals surface area contributed by atoms with Crippen LogP contribution in [0.4, 0.5) is 5.82 Å². The molecule has 0 aliphatic heterocycles. The number of amides is 1. The molecule has 2 aromatic heterocycles. The van der Waals surface area contributed by atoms with E-state index < -0.39 is 23.7 Å². The lowest BCUT2D eigenvalue weighted by Gasteiger charge is -2.23. The zero-order valence-corrected chi connectivity index (χ0v) is 21.0. The van der Waals surface area contributed by atoms with Crippen LogP contribution in [0.25, 0.3) is 16.9 Å². The summed E-state index contributed by atoms with van der Waals surface area (Å²) in [6.07, 6.45) is 0.979. The van der Waals surface area contributed by atoms with Crippen LogP contribution in [0.3, 0.4) is 0 Å². The second-order valence-electron chi connectivity index (χ2n) is 9.73. The fraction of sp³-hybridized carbons (Fsp3) is 0.241. The first kappa shape index (κ1) is 24.6. The quantitative estimate of drug-likeness (QED) is 0.198. The summed E-state index contributed by atoms with van der Waals surface area (Å²) in [5.74, 6) is 5.96. The lowest BCUT2D eigenvalue weighted by molar-refractivity contribution is -0.132. The molecule has 2 fully saturated rings. The minimum absolute atomic E-state index is 0.00129. The number of nitrogens with zero attached hydrogens (tertiary/aromatic N) is 4. The van der Waals surface area contributed by atoms with Gasteiger partial charge in [0.2, 0.25) is 11.7 Å². The van der Waals surface area contributed by atoms with Gasteiger partial charge in [0.05, 0.1) is 23.9 Å². The third-order valence-electron chi connectivity index (χ3n) is 7.57. The first-order valence-corrected chi connectivity index (χ1v) is 12.5. The van der Waals surface area contributed by atoms with Gasteiger partial charge in [0, 0.05) is 30.3 Å². The molecule has 5 atom stereocenters. The van der Waals surface area contributed by atoms with Gasteiger partial charge in [-0.25, -0.2) is 15.0 Å². The number of anilines is 1. The van der Waals surface area contributed by atoms with Gasteiger partial charge < -0.3 is 30.5 Å². The van der Waals surface area contributed by atoms with Crippen molar-refractivity contribution >= 4 is 28.6 Å². The summed E-state index contributed by atoms with van der Waals surface area (Å²) >= 11 is 0. The molecule has 2 heterocycles. The van der Waals surface area contributed by atoms with Crippen LogP contribution >= 0.6 is 0 Å². The van der Waals surface area contributed by atoms with Gasteiger partial charge in [-0.3, -0.25) is 4.79 Å². The molecule has 1 amide bonds. The second kappa shape index (κ2) is 9.54. The van der Waals surface area contributed by atoms with Crippen molar-refractivity contribution in [2.75, 3.05) is 12.4 Å². The Kier molecular flexibility index (Phi) is 6.02. The molecule has 0 radical (unpaired) electrons. The van der Waals surface area contributed by atoms with Gasteiger partial charge in [0.15, 0.2) is 17.0 Å². The molecule has 0 bridgehead atoms. The van der Waals surface area contributed by atoms with Crippen LogP contribution in [-0.2, 0) is 4.79 Å². The second-order valence-corrected chi connectivity index (χ2v) is 9.73. The summed E-state index contributed by atoms with van der Waals surface area (Å²) in [7, 11) is 1.52. The van der Waals surface area contributed by atoms with Crippen LogP contribution in [-0.4, -0.2) is 60.0 Å². The molecular formula is C29H26N6O4. The van der Waals surface area contributed by atoms with Crippen molar-refractivity contribution in [1.29, 1.82) is 0 Å². The number of carbonyl (C=O) groups is 1. The van der Waals surface area contributed by atoms with E-state index in [9.17, 15) is 20.1 Å². The molecule has 0 saturated heterocycles. The summed E-state index contributed by atoms with van der Waals surface area (Å²) in [6, 6.07) is 17.8. The first-order valence-electron chi connectivity index (χ1n) is 12.5. The Hall–Kier alpha value is -4.72. The number of imidazole rings is 1. The molecule has 6 rings (SSSR count). The number of hydrogen-bond acceptors (Lipinski definition) is 8. The topological polar surface area (TPSA) is 145 Å². The van der Waals surface area contributed by atoms with Gasteiger partial charge >= 0.3 is 0 Å². The molecule has 10 heteroatoms.